The number of carbonyl (C=O) groups excluding carboxylic acids is 4. The number of primary sulfonamides is 1. The van der Waals surface area contributed by atoms with Crippen LogP contribution in [-0.4, -0.2) is 122 Å². The number of carbonyl (C=O) groups is 4. The fourth-order valence-corrected chi connectivity index (χ4v) is 9.64. The topological polar surface area (TPSA) is 315 Å². The highest BCUT2D eigenvalue weighted by Crippen LogP contribution is 2.56. The second-order valence-electron chi connectivity index (χ2n) is 15.9. The first kappa shape index (κ1) is 51.3. The largest absolute Gasteiger partial charge is 0.510 e. The number of aliphatic hydroxyl groups excluding tert-OH is 2. The van der Waals surface area contributed by atoms with Gasteiger partial charge in [-0.1, -0.05) is 53.9 Å². The van der Waals surface area contributed by atoms with Crippen molar-refractivity contribution in [1.29, 1.82) is 0 Å². The molecule has 0 bridgehead atoms. The first-order valence-electron chi connectivity index (χ1n) is 19.9. The highest BCUT2D eigenvalue weighted by atomic mass is 35.5. The first-order chi connectivity index (χ1) is 30.8. The van der Waals surface area contributed by atoms with Crippen LogP contribution in [-0.2, 0) is 25.2 Å². The Bertz CT molecular complexity index is 2690. The van der Waals surface area contributed by atoms with Crippen LogP contribution in [0.4, 0.5) is 10.5 Å². The predicted molar refractivity (Wildman–Crippen MR) is 244 cm³/mol. The van der Waals surface area contributed by atoms with Gasteiger partial charge in [0.2, 0.25) is 15.8 Å². The number of phenolic OH excluding ortho intramolecular Hbond substituents is 1. The number of rotatable bonds is 9. The SMILES string of the molecule is CCCN(CCOc1c(Cl)cc(Cl)cc1Cl)C(=O)n1ccnc1.CN(C)[C@@H]1C(O)=C(C(N)=O)C(=O)[C@@]2(O)C(O)=C3C(=O)c4c(O)cccc4[C@@](C)(O)[C@H]3C[C@@H]12.Nc1ccc(S(N)(=O)=O)cc1. The van der Waals surface area contributed by atoms with Crippen molar-refractivity contribution in [2.45, 2.75) is 48.8 Å². The van der Waals surface area contributed by atoms with Crippen molar-refractivity contribution in [3.8, 4) is 11.5 Å². The van der Waals surface area contributed by atoms with Gasteiger partial charge in [0.05, 0.1) is 38.7 Å². The van der Waals surface area contributed by atoms with Crippen LogP contribution in [0.15, 0.2) is 101 Å². The molecule has 23 heteroatoms. The molecule has 0 saturated heterocycles. The molecule has 11 N–H and O–H groups in total. The van der Waals surface area contributed by atoms with Gasteiger partial charge < -0.3 is 46.6 Å². The lowest BCUT2D eigenvalue weighted by atomic mass is 9.55. The molecule has 0 fully saturated rings. The highest BCUT2D eigenvalue weighted by Gasteiger charge is 2.65. The van der Waals surface area contributed by atoms with E-state index in [1.54, 1.807) is 29.4 Å². The van der Waals surface area contributed by atoms with Gasteiger partial charge in [0.1, 0.15) is 35.8 Å². The quantitative estimate of drug-likeness (QED) is 0.0856. The Morgan fingerprint density at radius 2 is 1.62 bits per heavy atom. The minimum atomic E-state index is -3.58. The van der Waals surface area contributed by atoms with E-state index in [4.69, 9.17) is 56.1 Å². The summed E-state index contributed by atoms with van der Waals surface area (Å²) in [7, 11) is -0.513. The summed E-state index contributed by atoms with van der Waals surface area (Å²) in [6.07, 6.45) is 5.28. The van der Waals surface area contributed by atoms with Crippen LogP contribution in [0, 0.1) is 11.8 Å². The van der Waals surface area contributed by atoms with E-state index >= 15 is 0 Å². The molecule has 1 heterocycles. The molecule has 7 rings (SSSR count). The number of aromatic nitrogens is 2. The molecule has 354 valence electrons. The molecule has 19 nitrogen and oxygen atoms in total. The molecule has 0 spiro atoms. The van der Waals surface area contributed by atoms with Gasteiger partial charge in [-0.25, -0.2) is 23.3 Å². The van der Waals surface area contributed by atoms with Gasteiger partial charge >= 0.3 is 6.03 Å². The lowest BCUT2D eigenvalue weighted by molar-refractivity contribution is -0.151. The fourth-order valence-electron chi connectivity index (χ4n) is 8.20. The molecule has 66 heavy (non-hydrogen) atoms. The van der Waals surface area contributed by atoms with Gasteiger partial charge in [-0.15, -0.1) is 0 Å². The van der Waals surface area contributed by atoms with E-state index in [1.807, 2.05) is 6.92 Å². The summed E-state index contributed by atoms with van der Waals surface area (Å²) in [6, 6.07) is 11.7. The minimum absolute atomic E-state index is 0.0756. The lowest BCUT2D eigenvalue weighted by Crippen LogP contribution is -2.65. The Morgan fingerprint density at radius 3 is 2.15 bits per heavy atom. The van der Waals surface area contributed by atoms with Crippen LogP contribution < -0.4 is 21.3 Å². The molecule has 0 unspecified atom stereocenters. The smallest absolute Gasteiger partial charge is 0.329 e. The number of aliphatic hydroxyl groups is 4. The molecule has 4 aromatic rings. The van der Waals surface area contributed by atoms with E-state index in [-0.39, 0.29) is 35.1 Å². The Hall–Kier alpha value is -5.71. The number of hydrogen-bond acceptors (Lipinski definition) is 15. The number of nitrogens with two attached hydrogens (primary N) is 3. The Morgan fingerprint density at radius 1 is 1.00 bits per heavy atom. The van der Waals surface area contributed by atoms with Crippen LogP contribution >= 0.6 is 34.8 Å². The van der Waals surface area contributed by atoms with Gasteiger partial charge in [0.25, 0.3) is 5.91 Å². The lowest BCUT2D eigenvalue weighted by Gasteiger charge is -2.52. The summed E-state index contributed by atoms with van der Waals surface area (Å²) >= 11 is 18.0. The van der Waals surface area contributed by atoms with Gasteiger partial charge in [-0.05, 0) is 81.9 Å². The van der Waals surface area contributed by atoms with Gasteiger partial charge in [-0.2, -0.15) is 0 Å². The number of Topliss-reactive ketones (excluding diaryl/α,β-unsaturated/α-hetero) is 2. The average Bonchev–Trinajstić information content (AvgIpc) is 3.77. The number of halogens is 3. The van der Waals surface area contributed by atoms with Crippen molar-refractivity contribution < 1.29 is 57.9 Å². The normalized spacial score (nSPS) is 22.3. The summed E-state index contributed by atoms with van der Waals surface area (Å²) in [5.41, 5.74) is 5.19. The zero-order valence-electron chi connectivity index (χ0n) is 35.9. The summed E-state index contributed by atoms with van der Waals surface area (Å²) < 4.78 is 28.4. The number of ketones is 2. The third-order valence-corrected chi connectivity index (χ3v) is 13.0. The zero-order valence-corrected chi connectivity index (χ0v) is 38.9. The maximum atomic E-state index is 13.3. The molecular formula is C43H48Cl3N7O12S. The molecule has 1 aromatic heterocycles. The molecule has 0 radical (unpaired) electrons. The number of amides is 2. The van der Waals surface area contributed by atoms with Crippen molar-refractivity contribution in [3.05, 3.63) is 122 Å². The maximum Gasteiger partial charge on any atom is 0.329 e. The maximum absolute atomic E-state index is 13.3. The summed E-state index contributed by atoms with van der Waals surface area (Å²) in [4.78, 5) is 57.8. The molecule has 3 aromatic carbocycles. The van der Waals surface area contributed by atoms with Crippen LogP contribution in [0.1, 0.15) is 42.6 Å². The molecule has 0 saturated carbocycles. The van der Waals surface area contributed by atoms with E-state index in [2.05, 4.69) is 4.98 Å². The van der Waals surface area contributed by atoms with Gasteiger partial charge in [0, 0.05) is 47.1 Å². The van der Waals surface area contributed by atoms with Crippen molar-refractivity contribution in [2.75, 3.05) is 39.5 Å². The van der Waals surface area contributed by atoms with Crippen LogP contribution in [0.3, 0.4) is 0 Å². The third-order valence-electron chi connectivity index (χ3n) is 11.3. The third kappa shape index (κ3) is 10.0. The molecule has 0 aliphatic heterocycles. The summed E-state index contributed by atoms with van der Waals surface area (Å²) in [5, 5.41) is 61.0. The molecule has 5 atom stereocenters. The Kier molecular flexibility index (Phi) is 15.6. The standard InChI is InChI=1S/C22H24N2O8.C15H16Cl3N3O2.C6H8N2O2S/c1-21(31)8-5-4-6-11(25)12(8)16(26)13-9(21)7-10-15(24(2)3)17(27)14(20(23)30)19(29)22(10,32)18(13)28;1-2-4-20(15(22)21-5-3-19-10-21)6-7-23-14-12(17)8-11(16)9-13(14)18;7-5-1-3-6(4-2-5)11(8,9)10/h4-6,9-10,15,25,27-28,31-32H,7H2,1-3H3,(H2,23,30);3,5,8-10H,2,4,6-7H2,1H3;1-4H,7H2,(H2,8,9,10)/t9-,10-,15-,21+,22-;;/m0../s1. The fraction of sp³-hybridized carbons (Fsp3) is 0.326. The number of sulfonamides is 1. The van der Waals surface area contributed by atoms with E-state index in [0.717, 1.165) is 6.42 Å². The zero-order chi connectivity index (χ0) is 49.2. The van der Waals surface area contributed by atoms with Crippen molar-refractivity contribution in [2.24, 2.45) is 22.7 Å². The number of nitrogen functional groups attached to an aromatic ring is 1. The number of primary amides is 1. The molecule has 2 amide bonds. The Labute approximate surface area is 394 Å². The number of likely N-dealkylation sites (N-methyl/N-ethyl adjacent to an activating group) is 1. The number of aromatic hydroxyl groups is 1. The number of benzene rings is 3. The predicted octanol–water partition coefficient (Wildman–Crippen LogP) is 4.30. The van der Waals surface area contributed by atoms with Gasteiger partial charge in [0.15, 0.2) is 17.1 Å². The van der Waals surface area contributed by atoms with Crippen LogP contribution in [0.25, 0.3) is 0 Å². The second kappa shape index (κ2) is 20.0. The number of nitrogens with zero attached hydrogens (tertiary/aromatic N) is 4. The molecular weight excluding hydrogens is 945 g/mol. The Balaban J connectivity index is 0.000000209. The van der Waals surface area contributed by atoms with E-state index in [1.165, 1.54) is 79.3 Å². The monoisotopic (exact) mass is 991 g/mol. The number of anilines is 1. The summed E-state index contributed by atoms with van der Waals surface area (Å²) in [5.74, 6) is -7.53. The molecule has 3 aliphatic carbocycles. The van der Waals surface area contributed by atoms with Crippen molar-refractivity contribution in [1.82, 2.24) is 19.4 Å². The van der Waals surface area contributed by atoms with E-state index in [9.17, 15) is 53.1 Å². The van der Waals surface area contributed by atoms with Gasteiger partial charge in [-0.3, -0.25) is 23.9 Å². The van der Waals surface area contributed by atoms with Crippen molar-refractivity contribution >= 4 is 74.0 Å². The number of fused-ring (bicyclic) bond motifs is 3. The highest BCUT2D eigenvalue weighted by molar-refractivity contribution is 7.89. The van der Waals surface area contributed by atoms with E-state index < -0.39 is 85.0 Å². The number of phenols is 1. The van der Waals surface area contributed by atoms with Crippen molar-refractivity contribution in [3.63, 3.8) is 0 Å². The van der Waals surface area contributed by atoms with Crippen LogP contribution in [0.5, 0.6) is 11.5 Å². The van der Waals surface area contributed by atoms with Crippen LogP contribution in [0.2, 0.25) is 15.1 Å². The van der Waals surface area contributed by atoms with E-state index in [0.29, 0.717) is 39.6 Å². The number of ether oxygens (including phenoxy) is 1. The average molecular weight is 993 g/mol. The number of imidazole rings is 1. The summed E-state index contributed by atoms with van der Waals surface area (Å²) in [6.45, 7) is 4.69. The second-order valence-corrected chi connectivity index (χ2v) is 18.7. The molecule has 3 aliphatic rings. The first-order valence-corrected chi connectivity index (χ1v) is 22.6. The number of hydrogen-bond donors (Lipinski definition) is 8. The minimum Gasteiger partial charge on any atom is -0.510 e.